The van der Waals surface area contributed by atoms with Gasteiger partial charge < -0.3 is 0 Å². The van der Waals surface area contributed by atoms with Gasteiger partial charge in [0, 0.05) is 5.02 Å². The van der Waals surface area contributed by atoms with E-state index in [2.05, 4.69) is 13.0 Å². The van der Waals surface area contributed by atoms with Crippen molar-refractivity contribution in [2.45, 2.75) is 19.8 Å². The van der Waals surface area contributed by atoms with Crippen LogP contribution in [0.15, 0.2) is 18.2 Å². The van der Waals surface area contributed by atoms with E-state index in [1.54, 1.807) is 0 Å². The van der Waals surface area contributed by atoms with Crippen LogP contribution >= 0.6 is 11.6 Å². The Morgan fingerprint density at radius 3 is 2.80 bits per heavy atom. The molecule has 0 nitrogen and oxygen atoms in total. The highest BCUT2D eigenvalue weighted by Gasteiger charge is 1.89. The van der Waals surface area contributed by atoms with Crippen LogP contribution in [0.1, 0.15) is 18.9 Å². The summed E-state index contributed by atoms with van der Waals surface area (Å²) in [5, 5.41) is 0.764. The molecule has 1 radical (unpaired) electrons. The van der Waals surface area contributed by atoms with E-state index in [1.807, 2.05) is 18.2 Å². The second-order valence-electron chi connectivity index (χ2n) is 2.28. The number of hydrogen-bond acceptors (Lipinski definition) is 0. The molecular formula is C9H10Cl. The number of hydrogen-bond donors (Lipinski definition) is 0. The van der Waals surface area contributed by atoms with Gasteiger partial charge in [0.05, 0.1) is 0 Å². The second-order valence-corrected chi connectivity index (χ2v) is 2.72. The summed E-state index contributed by atoms with van der Waals surface area (Å²) in [5.41, 5.74) is 1.24. The second kappa shape index (κ2) is 3.62. The summed E-state index contributed by atoms with van der Waals surface area (Å²) >= 11 is 5.68. The van der Waals surface area contributed by atoms with Gasteiger partial charge >= 0.3 is 0 Å². The third-order valence-corrected chi connectivity index (χ3v) is 1.59. The van der Waals surface area contributed by atoms with Gasteiger partial charge in [-0.3, -0.25) is 0 Å². The van der Waals surface area contributed by atoms with Crippen molar-refractivity contribution in [1.82, 2.24) is 0 Å². The van der Waals surface area contributed by atoms with Crippen molar-refractivity contribution in [3.8, 4) is 0 Å². The summed E-state index contributed by atoms with van der Waals surface area (Å²) in [6.07, 6.45) is 2.26. The van der Waals surface area contributed by atoms with Crippen molar-refractivity contribution < 1.29 is 0 Å². The van der Waals surface area contributed by atoms with Crippen LogP contribution in [0.5, 0.6) is 0 Å². The first-order valence-electron chi connectivity index (χ1n) is 3.49. The highest BCUT2D eigenvalue weighted by molar-refractivity contribution is 6.30. The molecule has 0 atom stereocenters. The largest absolute Gasteiger partial charge is 0.0843 e. The van der Waals surface area contributed by atoms with Crippen LogP contribution in [0, 0.1) is 6.07 Å². The Labute approximate surface area is 66.8 Å². The average Bonchev–Trinajstić information content (AvgIpc) is 1.95. The van der Waals surface area contributed by atoms with Crippen LogP contribution in [0.25, 0.3) is 0 Å². The zero-order valence-corrected chi connectivity index (χ0v) is 6.78. The molecule has 0 fully saturated rings. The summed E-state index contributed by atoms with van der Waals surface area (Å²) in [5.74, 6) is 0. The molecule has 0 aliphatic heterocycles. The van der Waals surface area contributed by atoms with Gasteiger partial charge in [0.1, 0.15) is 0 Å². The predicted octanol–water partition coefficient (Wildman–Crippen LogP) is 3.09. The molecule has 0 aromatic heterocycles. The van der Waals surface area contributed by atoms with E-state index >= 15 is 0 Å². The third-order valence-electron chi connectivity index (χ3n) is 1.36. The lowest BCUT2D eigenvalue weighted by Gasteiger charge is -1.95. The lowest BCUT2D eigenvalue weighted by molar-refractivity contribution is 0.920. The van der Waals surface area contributed by atoms with Crippen molar-refractivity contribution >= 4 is 11.6 Å². The van der Waals surface area contributed by atoms with Crippen molar-refractivity contribution in [2.24, 2.45) is 0 Å². The topological polar surface area (TPSA) is 0 Å². The molecule has 10 heavy (non-hydrogen) atoms. The minimum Gasteiger partial charge on any atom is -0.0843 e. The molecule has 0 saturated heterocycles. The zero-order chi connectivity index (χ0) is 7.40. The van der Waals surface area contributed by atoms with Gasteiger partial charge in [-0.15, -0.1) is 0 Å². The van der Waals surface area contributed by atoms with Crippen LogP contribution in [0.3, 0.4) is 0 Å². The van der Waals surface area contributed by atoms with Crippen LogP contribution in [0.4, 0.5) is 0 Å². The monoisotopic (exact) mass is 153 g/mol. The molecular weight excluding hydrogens is 144 g/mol. The summed E-state index contributed by atoms with van der Waals surface area (Å²) < 4.78 is 0. The molecule has 0 N–H and O–H groups in total. The molecule has 0 unspecified atom stereocenters. The van der Waals surface area contributed by atoms with Crippen LogP contribution in [0.2, 0.25) is 5.02 Å². The quantitative estimate of drug-likeness (QED) is 0.613. The molecule has 0 aliphatic carbocycles. The average molecular weight is 154 g/mol. The van der Waals surface area contributed by atoms with Crippen molar-refractivity contribution in [2.75, 3.05) is 0 Å². The first-order valence-corrected chi connectivity index (χ1v) is 3.87. The predicted molar refractivity (Wildman–Crippen MR) is 44.3 cm³/mol. The van der Waals surface area contributed by atoms with E-state index in [1.165, 1.54) is 5.56 Å². The molecule has 0 aliphatic rings. The summed E-state index contributed by atoms with van der Waals surface area (Å²) in [4.78, 5) is 0. The van der Waals surface area contributed by atoms with Crippen molar-refractivity contribution in [3.63, 3.8) is 0 Å². The van der Waals surface area contributed by atoms with Gasteiger partial charge in [-0.25, -0.2) is 0 Å². The van der Waals surface area contributed by atoms with Crippen molar-refractivity contribution in [1.29, 1.82) is 0 Å². The molecule has 1 aromatic rings. The van der Waals surface area contributed by atoms with E-state index < -0.39 is 0 Å². The van der Waals surface area contributed by atoms with Crippen molar-refractivity contribution in [3.05, 3.63) is 34.9 Å². The van der Waals surface area contributed by atoms with E-state index in [0.717, 1.165) is 17.9 Å². The molecule has 1 rings (SSSR count). The molecule has 0 saturated carbocycles. The van der Waals surface area contributed by atoms with E-state index in [4.69, 9.17) is 11.6 Å². The number of halogens is 1. The maximum Gasteiger partial charge on any atom is 0.0412 e. The summed E-state index contributed by atoms with van der Waals surface area (Å²) in [6, 6.07) is 8.84. The fraction of sp³-hybridized carbons (Fsp3) is 0.333. The Morgan fingerprint density at radius 2 is 2.30 bits per heavy atom. The first-order chi connectivity index (χ1) is 4.83. The van der Waals surface area contributed by atoms with Gasteiger partial charge in [0.2, 0.25) is 0 Å². The van der Waals surface area contributed by atoms with E-state index in [-0.39, 0.29) is 0 Å². The Morgan fingerprint density at radius 1 is 1.50 bits per heavy atom. The van der Waals surface area contributed by atoms with E-state index in [9.17, 15) is 0 Å². The van der Waals surface area contributed by atoms with Crippen LogP contribution in [-0.2, 0) is 6.42 Å². The van der Waals surface area contributed by atoms with Gasteiger partial charge in [-0.05, 0) is 30.2 Å². The maximum atomic E-state index is 5.68. The van der Waals surface area contributed by atoms with Gasteiger partial charge in [-0.1, -0.05) is 31.0 Å². The molecule has 53 valence electrons. The molecule has 0 amide bonds. The minimum absolute atomic E-state index is 0.764. The summed E-state index contributed by atoms with van der Waals surface area (Å²) in [6.45, 7) is 2.16. The molecule has 1 heteroatoms. The zero-order valence-electron chi connectivity index (χ0n) is 6.02. The van der Waals surface area contributed by atoms with E-state index in [0.29, 0.717) is 0 Å². The molecule has 0 bridgehead atoms. The van der Waals surface area contributed by atoms with Crippen LogP contribution in [-0.4, -0.2) is 0 Å². The Kier molecular flexibility index (Phi) is 2.76. The summed E-state index contributed by atoms with van der Waals surface area (Å²) in [7, 11) is 0. The first kappa shape index (κ1) is 7.62. The lowest BCUT2D eigenvalue weighted by Crippen LogP contribution is -1.80. The molecule has 0 spiro atoms. The Balaban J connectivity index is 2.69. The highest BCUT2D eigenvalue weighted by atomic mass is 35.5. The minimum atomic E-state index is 0.764. The number of benzene rings is 1. The molecule has 0 heterocycles. The number of aryl methyl sites for hydroxylation is 1. The fourth-order valence-electron chi connectivity index (χ4n) is 0.863. The lowest BCUT2D eigenvalue weighted by atomic mass is 10.1. The van der Waals surface area contributed by atoms with Crippen LogP contribution < -0.4 is 0 Å². The van der Waals surface area contributed by atoms with Gasteiger partial charge in [0.25, 0.3) is 0 Å². The molecule has 1 aromatic carbocycles. The van der Waals surface area contributed by atoms with Gasteiger partial charge in [-0.2, -0.15) is 0 Å². The third kappa shape index (κ3) is 2.03. The maximum absolute atomic E-state index is 5.68. The fourth-order valence-corrected chi connectivity index (χ4v) is 0.980. The Hall–Kier alpha value is -0.490. The standard InChI is InChI=1S/C9H10Cl/c1-2-3-8-4-6-9(10)7-5-8/h4,6-7H,2-3H2,1H3. The highest BCUT2D eigenvalue weighted by Crippen LogP contribution is 2.09. The Bertz CT molecular complexity index is 188. The normalized spacial score (nSPS) is 9.80. The smallest absolute Gasteiger partial charge is 0.0412 e. The van der Waals surface area contributed by atoms with Gasteiger partial charge in [0.15, 0.2) is 0 Å². The number of rotatable bonds is 2. The SMILES string of the molecule is CCCc1[c]cc(Cl)cc1.